The molecular formula is C15H12ClN3O2S2. The lowest BCUT2D eigenvalue weighted by atomic mass is 9.82. The molecule has 1 aromatic rings. The van der Waals surface area contributed by atoms with Crippen molar-refractivity contribution in [3.8, 4) is 0 Å². The first-order valence-electron chi connectivity index (χ1n) is 6.90. The highest BCUT2D eigenvalue weighted by atomic mass is 35.5. The highest BCUT2D eigenvalue weighted by Gasteiger charge is 2.47. The fraction of sp³-hybridized carbons (Fsp3) is 0.133. The normalized spacial score (nSPS) is 25.4. The van der Waals surface area contributed by atoms with Crippen molar-refractivity contribution in [1.29, 1.82) is 0 Å². The molecular weight excluding hydrogens is 354 g/mol. The minimum absolute atomic E-state index is 0.264. The van der Waals surface area contributed by atoms with E-state index in [1.54, 1.807) is 35.9 Å². The lowest BCUT2D eigenvalue weighted by molar-refractivity contribution is 0.566. The Hall–Kier alpha value is -1.83. The van der Waals surface area contributed by atoms with Crippen molar-refractivity contribution >= 4 is 39.2 Å². The molecule has 1 spiro atoms. The van der Waals surface area contributed by atoms with Crippen LogP contribution < -0.4 is 10.0 Å². The number of halogens is 1. The molecule has 4 rings (SSSR count). The Bertz CT molecular complexity index is 924. The zero-order chi connectivity index (χ0) is 16.1. The minimum Gasteiger partial charge on any atom is -0.352 e. The summed E-state index contributed by atoms with van der Waals surface area (Å²) in [5.74, 6) is 0.390. The van der Waals surface area contributed by atoms with Gasteiger partial charge in [-0.05, 0) is 35.6 Å². The molecule has 2 N–H and O–H groups in total. The van der Waals surface area contributed by atoms with Gasteiger partial charge in [-0.25, -0.2) is 8.42 Å². The van der Waals surface area contributed by atoms with E-state index in [2.05, 4.69) is 15.0 Å². The van der Waals surface area contributed by atoms with E-state index in [1.165, 1.54) is 11.3 Å². The van der Waals surface area contributed by atoms with Gasteiger partial charge in [0, 0.05) is 6.21 Å². The SMILES string of the molecule is O=S(=O)(NC1=CC2=CCC=C3N=CC=C(Cl)C23N1)c1cccs1. The van der Waals surface area contributed by atoms with Crippen LogP contribution in [-0.2, 0) is 10.0 Å². The van der Waals surface area contributed by atoms with Crippen LogP contribution in [0.2, 0.25) is 0 Å². The molecule has 0 saturated heterocycles. The number of dihydropyridines is 1. The summed E-state index contributed by atoms with van der Waals surface area (Å²) in [5, 5.41) is 5.49. The van der Waals surface area contributed by atoms with Gasteiger partial charge in [0.25, 0.3) is 10.0 Å². The van der Waals surface area contributed by atoms with Gasteiger partial charge in [-0.15, -0.1) is 11.3 Å². The second-order valence-electron chi connectivity index (χ2n) is 5.25. The summed E-state index contributed by atoms with van der Waals surface area (Å²) < 4.78 is 27.7. The van der Waals surface area contributed by atoms with Gasteiger partial charge in [-0.2, -0.15) is 0 Å². The summed E-state index contributed by atoms with van der Waals surface area (Å²) in [5.41, 5.74) is 0.906. The monoisotopic (exact) mass is 365 g/mol. The molecule has 0 fully saturated rings. The van der Waals surface area contributed by atoms with E-state index < -0.39 is 15.6 Å². The van der Waals surface area contributed by atoms with Crippen LogP contribution in [0.3, 0.4) is 0 Å². The summed E-state index contributed by atoms with van der Waals surface area (Å²) >= 11 is 7.60. The van der Waals surface area contributed by atoms with Gasteiger partial charge in [0.15, 0.2) is 0 Å². The summed E-state index contributed by atoms with van der Waals surface area (Å²) in [7, 11) is -3.61. The Labute approximate surface area is 142 Å². The number of hydrogen-bond acceptors (Lipinski definition) is 5. The first-order valence-corrected chi connectivity index (χ1v) is 9.64. The molecule has 2 aliphatic heterocycles. The van der Waals surface area contributed by atoms with Crippen LogP contribution in [-0.4, -0.2) is 20.2 Å². The second-order valence-corrected chi connectivity index (χ2v) is 8.51. The van der Waals surface area contributed by atoms with Crippen LogP contribution >= 0.6 is 22.9 Å². The third-order valence-corrected chi connectivity index (χ3v) is 7.06. The van der Waals surface area contributed by atoms with Crippen molar-refractivity contribution in [3.63, 3.8) is 0 Å². The summed E-state index contributed by atoms with van der Waals surface area (Å²) in [6, 6.07) is 3.27. The lowest BCUT2D eigenvalue weighted by Gasteiger charge is -2.36. The molecule has 1 aliphatic carbocycles. The smallest absolute Gasteiger partial charge is 0.272 e. The zero-order valence-corrected chi connectivity index (χ0v) is 14.2. The highest BCUT2D eigenvalue weighted by molar-refractivity contribution is 7.91. The van der Waals surface area contributed by atoms with Crippen molar-refractivity contribution in [1.82, 2.24) is 10.0 Å². The predicted octanol–water partition coefficient (Wildman–Crippen LogP) is 2.63. The Kier molecular flexibility index (Phi) is 3.26. The van der Waals surface area contributed by atoms with Gasteiger partial charge < -0.3 is 5.32 Å². The van der Waals surface area contributed by atoms with E-state index >= 15 is 0 Å². The quantitative estimate of drug-likeness (QED) is 0.865. The Morgan fingerprint density at radius 3 is 3.04 bits per heavy atom. The number of nitrogens with one attached hydrogen (secondary N) is 2. The molecule has 118 valence electrons. The van der Waals surface area contributed by atoms with Crippen molar-refractivity contribution in [2.24, 2.45) is 4.99 Å². The van der Waals surface area contributed by atoms with Crippen LogP contribution in [0.25, 0.3) is 0 Å². The van der Waals surface area contributed by atoms with Crippen LogP contribution in [0.5, 0.6) is 0 Å². The Morgan fingerprint density at radius 1 is 1.39 bits per heavy atom. The van der Waals surface area contributed by atoms with E-state index in [0.29, 0.717) is 10.9 Å². The molecule has 0 amide bonds. The van der Waals surface area contributed by atoms with Gasteiger partial charge in [0.2, 0.25) is 0 Å². The summed E-state index contributed by atoms with van der Waals surface area (Å²) in [6.45, 7) is 0. The third kappa shape index (κ3) is 2.19. The average molecular weight is 366 g/mol. The molecule has 3 aliphatic rings. The fourth-order valence-corrected chi connectivity index (χ4v) is 5.21. The van der Waals surface area contributed by atoms with E-state index in [1.807, 2.05) is 12.2 Å². The van der Waals surface area contributed by atoms with Gasteiger partial charge >= 0.3 is 0 Å². The number of aliphatic imine (C=N–C) groups is 1. The number of thiophene rings is 1. The molecule has 1 atom stereocenters. The van der Waals surface area contributed by atoms with Crippen molar-refractivity contribution in [3.05, 3.63) is 63.9 Å². The number of nitrogens with zero attached hydrogens (tertiary/aromatic N) is 1. The standard InChI is InChI=1S/C15H12ClN3O2S2/c16-11-6-7-17-12-4-1-3-10-9-13(18-15(10,11)12)19-23(20,21)14-5-2-8-22-14/h2-9,18-19H,1H2. The maximum Gasteiger partial charge on any atom is 0.272 e. The first kappa shape index (κ1) is 14.7. The second kappa shape index (κ2) is 5.09. The molecule has 3 heterocycles. The van der Waals surface area contributed by atoms with Gasteiger partial charge in [0.05, 0.1) is 10.7 Å². The Balaban J connectivity index is 1.69. The molecule has 0 radical (unpaired) electrons. The maximum absolute atomic E-state index is 12.4. The van der Waals surface area contributed by atoms with Crippen LogP contribution in [0, 0.1) is 0 Å². The zero-order valence-electron chi connectivity index (χ0n) is 11.8. The van der Waals surface area contributed by atoms with Crippen LogP contribution in [0.4, 0.5) is 0 Å². The van der Waals surface area contributed by atoms with Crippen molar-refractivity contribution in [2.75, 3.05) is 0 Å². The third-order valence-electron chi connectivity index (χ3n) is 3.89. The fourth-order valence-electron chi connectivity index (χ4n) is 2.89. The number of allylic oxidation sites excluding steroid dienone is 3. The molecule has 0 bridgehead atoms. The predicted molar refractivity (Wildman–Crippen MR) is 91.8 cm³/mol. The van der Waals surface area contributed by atoms with Crippen molar-refractivity contribution in [2.45, 2.75) is 16.2 Å². The molecule has 0 aromatic carbocycles. The maximum atomic E-state index is 12.4. The van der Waals surface area contributed by atoms with Crippen molar-refractivity contribution < 1.29 is 8.42 Å². The van der Waals surface area contributed by atoms with E-state index in [-0.39, 0.29) is 4.21 Å². The van der Waals surface area contributed by atoms with E-state index in [0.717, 1.165) is 17.7 Å². The molecule has 1 unspecified atom stereocenters. The summed E-state index contributed by atoms with van der Waals surface area (Å²) in [6.07, 6.45) is 9.87. The molecule has 0 saturated carbocycles. The number of sulfonamides is 1. The molecule has 23 heavy (non-hydrogen) atoms. The highest BCUT2D eigenvalue weighted by Crippen LogP contribution is 2.45. The first-order chi connectivity index (χ1) is 11.0. The topological polar surface area (TPSA) is 70.6 Å². The number of hydrogen-bond donors (Lipinski definition) is 2. The molecule has 5 nitrogen and oxygen atoms in total. The molecule has 1 aromatic heterocycles. The van der Waals surface area contributed by atoms with E-state index in [9.17, 15) is 8.42 Å². The van der Waals surface area contributed by atoms with Crippen LogP contribution in [0.1, 0.15) is 6.42 Å². The van der Waals surface area contributed by atoms with Crippen LogP contribution in [0.15, 0.2) is 73.1 Å². The Morgan fingerprint density at radius 2 is 2.26 bits per heavy atom. The van der Waals surface area contributed by atoms with E-state index in [4.69, 9.17) is 11.6 Å². The largest absolute Gasteiger partial charge is 0.352 e. The minimum atomic E-state index is -3.61. The van der Waals surface area contributed by atoms with Gasteiger partial charge in [0.1, 0.15) is 15.6 Å². The molecule has 8 heteroatoms. The average Bonchev–Trinajstić information content (AvgIpc) is 3.14. The van der Waals surface area contributed by atoms with Gasteiger partial charge in [-0.1, -0.05) is 29.8 Å². The summed E-state index contributed by atoms with van der Waals surface area (Å²) in [4.78, 5) is 4.38. The van der Waals surface area contributed by atoms with Gasteiger partial charge in [-0.3, -0.25) is 9.71 Å². The number of rotatable bonds is 3. The lowest BCUT2D eigenvalue weighted by Crippen LogP contribution is -2.48.